The normalized spacial score (nSPS) is 10.8. The molecule has 4 nitrogen and oxygen atoms in total. The summed E-state index contributed by atoms with van der Waals surface area (Å²) in [4.78, 5) is 23.2. The molecular formula is C13H22O4. The van der Waals surface area contributed by atoms with Gasteiger partial charge in [-0.3, -0.25) is 9.59 Å². The molecule has 0 saturated carbocycles. The van der Waals surface area contributed by atoms with Crippen LogP contribution in [0, 0.1) is 5.92 Å². The van der Waals surface area contributed by atoms with Crippen molar-refractivity contribution in [3.63, 3.8) is 0 Å². The van der Waals surface area contributed by atoms with E-state index in [1.807, 2.05) is 19.1 Å². The molecular weight excluding hydrogens is 220 g/mol. The van der Waals surface area contributed by atoms with Crippen LogP contribution in [0.25, 0.3) is 0 Å². The summed E-state index contributed by atoms with van der Waals surface area (Å²) in [6.45, 7) is 5.95. The van der Waals surface area contributed by atoms with Crippen molar-refractivity contribution in [1.82, 2.24) is 0 Å². The van der Waals surface area contributed by atoms with Gasteiger partial charge < -0.3 is 9.47 Å². The summed E-state index contributed by atoms with van der Waals surface area (Å²) in [5.74, 6) is -1.74. The third kappa shape index (κ3) is 6.76. The van der Waals surface area contributed by atoms with Crippen molar-refractivity contribution < 1.29 is 19.1 Å². The molecule has 0 rings (SSSR count). The molecule has 0 N–H and O–H groups in total. The number of unbranched alkanes of at least 4 members (excludes halogenated alkanes) is 1. The molecule has 0 atom stereocenters. The van der Waals surface area contributed by atoms with E-state index < -0.39 is 17.9 Å². The number of carbonyl (C=O) groups is 2. The van der Waals surface area contributed by atoms with Gasteiger partial charge in [0, 0.05) is 0 Å². The molecule has 0 radical (unpaired) electrons. The van der Waals surface area contributed by atoms with Gasteiger partial charge in [-0.25, -0.2) is 0 Å². The second kappa shape index (κ2) is 9.87. The number of esters is 2. The van der Waals surface area contributed by atoms with Crippen LogP contribution in [0.1, 0.15) is 40.0 Å². The zero-order valence-electron chi connectivity index (χ0n) is 10.9. The van der Waals surface area contributed by atoms with E-state index in [9.17, 15) is 9.59 Å². The Bertz CT molecular complexity index is 240. The lowest BCUT2D eigenvalue weighted by molar-refractivity contribution is -0.161. The highest BCUT2D eigenvalue weighted by Gasteiger charge is 2.28. The topological polar surface area (TPSA) is 52.6 Å². The molecule has 0 spiro atoms. The molecule has 0 unspecified atom stereocenters. The zero-order chi connectivity index (χ0) is 13.1. The Hall–Kier alpha value is -1.32. The van der Waals surface area contributed by atoms with Crippen molar-refractivity contribution in [2.24, 2.45) is 5.92 Å². The second-order valence-corrected chi connectivity index (χ2v) is 3.56. The van der Waals surface area contributed by atoms with E-state index in [1.165, 1.54) is 0 Å². The molecule has 0 aliphatic rings. The molecule has 0 heterocycles. The van der Waals surface area contributed by atoms with Crippen molar-refractivity contribution in [3.8, 4) is 0 Å². The van der Waals surface area contributed by atoms with Gasteiger partial charge in [-0.2, -0.15) is 0 Å². The van der Waals surface area contributed by atoms with Crippen LogP contribution in [0.5, 0.6) is 0 Å². The smallest absolute Gasteiger partial charge is 0.320 e. The molecule has 0 aromatic carbocycles. The van der Waals surface area contributed by atoms with Crippen molar-refractivity contribution in [2.45, 2.75) is 40.0 Å². The van der Waals surface area contributed by atoms with Crippen LogP contribution in [-0.4, -0.2) is 25.2 Å². The highest BCUT2D eigenvalue weighted by molar-refractivity contribution is 5.94. The molecule has 98 valence electrons. The van der Waals surface area contributed by atoms with Crippen LogP contribution in [0.3, 0.4) is 0 Å². The number of allylic oxidation sites excluding steroid dienone is 2. The van der Waals surface area contributed by atoms with Gasteiger partial charge in [0.1, 0.15) is 0 Å². The first kappa shape index (κ1) is 15.7. The Morgan fingerprint density at radius 1 is 1.12 bits per heavy atom. The molecule has 17 heavy (non-hydrogen) atoms. The van der Waals surface area contributed by atoms with Gasteiger partial charge >= 0.3 is 11.9 Å². The Morgan fingerprint density at radius 3 is 2.06 bits per heavy atom. The van der Waals surface area contributed by atoms with Crippen LogP contribution >= 0.6 is 0 Å². The Balaban J connectivity index is 4.29. The van der Waals surface area contributed by atoms with Gasteiger partial charge in [0.15, 0.2) is 5.92 Å². The number of rotatable bonds is 8. The van der Waals surface area contributed by atoms with Gasteiger partial charge in [0.2, 0.25) is 0 Å². The number of carbonyl (C=O) groups excluding carboxylic acids is 2. The van der Waals surface area contributed by atoms with Crippen LogP contribution < -0.4 is 0 Å². The van der Waals surface area contributed by atoms with Gasteiger partial charge in [-0.1, -0.05) is 12.2 Å². The molecule has 0 amide bonds. The summed E-state index contributed by atoms with van der Waals surface area (Å²) in [6.07, 6.45) is 6.05. The minimum Gasteiger partial charge on any atom is -0.465 e. The Morgan fingerprint density at radius 2 is 1.65 bits per heavy atom. The molecule has 0 bridgehead atoms. The fourth-order valence-electron chi connectivity index (χ4n) is 1.42. The molecule has 0 aromatic rings. The first-order valence-corrected chi connectivity index (χ1v) is 6.11. The van der Waals surface area contributed by atoms with E-state index in [4.69, 9.17) is 9.47 Å². The third-order valence-electron chi connectivity index (χ3n) is 2.24. The highest BCUT2D eigenvalue weighted by Crippen LogP contribution is 2.13. The van der Waals surface area contributed by atoms with Gasteiger partial charge in [-0.15, -0.1) is 0 Å². The van der Waals surface area contributed by atoms with Crippen molar-refractivity contribution in [3.05, 3.63) is 12.2 Å². The summed E-state index contributed by atoms with van der Waals surface area (Å²) in [7, 11) is 0. The summed E-state index contributed by atoms with van der Waals surface area (Å²) >= 11 is 0. The van der Waals surface area contributed by atoms with Crippen molar-refractivity contribution in [2.75, 3.05) is 13.2 Å². The van der Waals surface area contributed by atoms with Crippen LogP contribution in [0.2, 0.25) is 0 Å². The van der Waals surface area contributed by atoms with Crippen molar-refractivity contribution in [1.29, 1.82) is 0 Å². The average molecular weight is 242 g/mol. The summed E-state index contributed by atoms with van der Waals surface area (Å²) in [5.41, 5.74) is 0. The number of ether oxygens (including phenoxy) is 2. The highest BCUT2D eigenvalue weighted by atomic mass is 16.6. The predicted molar refractivity (Wildman–Crippen MR) is 65.4 cm³/mol. The maximum Gasteiger partial charge on any atom is 0.320 e. The van der Waals surface area contributed by atoms with Crippen LogP contribution in [0.15, 0.2) is 12.2 Å². The maximum atomic E-state index is 11.6. The van der Waals surface area contributed by atoms with E-state index in [1.54, 1.807) is 13.8 Å². The zero-order valence-corrected chi connectivity index (χ0v) is 10.9. The summed E-state index contributed by atoms with van der Waals surface area (Å²) < 4.78 is 9.74. The van der Waals surface area contributed by atoms with Crippen LogP contribution in [-0.2, 0) is 19.1 Å². The van der Waals surface area contributed by atoms with Gasteiger partial charge in [0.25, 0.3) is 0 Å². The number of hydrogen-bond acceptors (Lipinski definition) is 4. The standard InChI is InChI=1S/C13H22O4/c1-4-7-8-9-10-11(12(14)16-5-2)13(15)17-6-3/h4,7,11H,5-6,8-10H2,1-3H3/b7-4+. The SMILES string of the molecule is C/C=C/CCCC(C(=O)OCC)C(=O)OCC. The molecule has 0 fully saturated rings. The lowest BCUT2D eigenvalue weighted by Gasteiger charge is -2.13. The Kier molecular flexibility index (Phi) is 9.11. The monoisotopic (exact) mass is 242 g/mol. The lowest BCUT2D eigenvalue weighted by atomic mass is 10.0. The van der Waals surface area contributed by atoms with Gasteiger partial charge in [-0.05, 0) is 40.0 Å². The average Bonchev–Trinajstić information content (AvgIpc) is 2.29. The number of hydrogen-bond donors (Lipinski definition) is 0. The predicted octanol–water partition coefficient (Wildman–Crippen LogP) is 2.48. The van der Waals surface area contributed by atoms with Gasteiger partial charge in [0.05, 0.1) is 13.2 Å². The molecule has 0 aliphatic heterocycles. The van der Waals surface area contributed by atoms with E-state index >= 15 is 0 Å². The first-order chi connectivity index (χ1) is 8.17. The fraction of sp³-hybridized carbons (Fsp3) is 0.692. The summed E-state index contributed by atoms with van der Waals surface area (Å²) in [5, 5.41) is 0. The van der Waals surface area contributed by atoms with E-state index in [-0.39, 0.29) is 13.2 Å². The molecule has 0 aliphatic carbocycles. The maximum absolute atomic E-state index is 11.6. The lowest BCUT2D eigenvalue weighted by Crippen LogP contribution is -2.28. The molecule has 0 saturated heterocycles. The quantitative estimate of drug-likeness (QED) is 0.284. The van der Waals surface area contributed by atoms with E-state index in [2.05, 4.69) is 0 Å². The van der Waals surface area contributed by atoms with Crippen molar-refractivity contribution >= 4 is 11.9 Å². The minimum absolute atomic E-state index is 0.281. The largest absolute Gasteiger partial charge is 0.465 e. The second-order valence-electron chi connectivity index (χ2n) is 3.56. The first-order valence-electron chi connectivity index (χ1n) is 6.11. The molecule has 0 aromatic heterocycles. The van der Waals surface area contributed by atoms with Crippen LogP contribution in [0.4, 0.5) is 0 Å². The minimum atomic E-state index is -0.778. The Labute approximate surface area is 103 Å². The van der Waals surface area contributed by atoms with E-state index in [0.717, 1.165) is 12.8 Å². The fourth-order valence-corrected chi connectivity index (χ4v) is 1.42. The third-order valence-corrected chi connectivity index (χ3v) is 2.24. The van der Waals surface area contributed by atoms with E-state index in [0.29, 0.717) is 6.42 Å². The molecule has 4 heteroatoms. The summed E-state index contributed by atoms with van der Waals surface area (Å²) in [6, 6.07) is 0.